The van der Waals surface area contributed by atoms with Crippen molar-refractivity contribution in [1.29, 1.82) is 0 Å². The number of nitrogen functional groups attached to an aromatic ring is 1. The summed E-state index contributed by atoms with van der Waals surface area (Å²) in [4.78, 5) is 15.3. The Morgan fingerprint density at radius 1 is 1.64 bits per heavy atom. The fraction of sp³-hybridized carbons (Fsp3) is 0. The molecule has 0 aliphatic heterocycles. The first-order valence-electron chi connectivity index (χ1n) is 3.86. The third kappa shape index (κ3) is 1.23. The highest BCUT2D eigenvalue weighted by Gasteiger charge is 2.11. The summed E-state index contributed by atoms with van der Waals surface area (Å²) in [6.07, 6.45) is 3.11. The number of amides is 1. The zero-order chi connectivity index (χ0) is 10.1. The Kier molecular flexibility index (Phi) is 2.11. The number of nitrogens with two attached hydrogens (primary N) is 1. The maximum Gasteiger partial charge on any atom is 0.283 e. The minimum atomic E-state index is -0.403. The van der Waals surface area contributed by atoms with Crippen molar-refractivity contribution in [3.05, 3.63) is 35.2 Å². The van der Waals surface area contributed by atoms with Crippen molar-refractivity contribution in [3.8, 4) is 0 Å². The Balaban J connectivity index is 2.70. The Labute approximate surface area is 84.5 Å². The van der Waals surface area contributed by atoms with E-state index in [-0.39, 0.29) is 0 Å². The molecular weight excluding hydrogens is 204 g/mol. The van der Waals surface area contributed by atoms with Gasteiger partial charge in [-0.2, -0.15) is 0 Å². The van der Waals surface area contributed by atoms with Crippen molar-refractivity contribution in [3.63, 3.8) is 0 Å². The van der Waals surface area contributed by atoms with Gasteiger partial charge in [0.15, 0.2) is 5.65 Å². The summed E-state index contributed by atoms with van der Waals surface area (Å²) in [5.41, 5.74) is 2.92. The Morgan fingerprint density at radius 2 is 2.43 bits per heavy atom. The molecule has 3 N–H and O–H groups in total. The second-order valence-electron chi connectivity index (χ2n) is 2.67. The minimum Gasteiger partial charge on any atom is -0.294 e. The topological polar surface area (TPSA) is 72.4 Å². The molecule has 0 unspecified atom stereocenters. The van der Waals surface area contributed by atoms with E-state index in [1.165, 1.54) is 6.20 Å². The molecule has 6 heteroatoms. The van der Waals surface area contributed by atoms with Gasteiger partial charge in [0.2, 0.25) is 0 Å². The Hall–Kier alpha value is -1.59. The van der Waals surface area contributed by atoms with Crippen molar-refractivity contribution in [2.45, 2.75) is 0 Å². The minimum absolute atomic E-state index is 0.352. The molecule has 2 aromatic rings. The third-order valence-corrected chi connectivity index (χ3v) is 2.15. The summed E-state index contributed by atoms with van der Waals surface area (Å²) >= 11 is 5.87. The monoisotopic (exact) mass is 210 g/mol. The smallest absolute Gasteiger partial charge is 0.283 e. The van der Waals surface area contributed by atoms with E-state index < -0.39 is 5.91 Å². The molecule has 0 aliphatic carbocycles. The largest absolute Gasteiger partial charge is 0.294 e. The summed E-state index contributed by atoms with van der Waals surface area (Å²) in [5, 5.41) is 0.489. The number of hydrogen-bond acceptors (Lipinski definition) is 3. The number of hydrazine groups is 1. The molecule has 0 saturated heterocycles. The van der Waals surface area contributed by atoms with E-state index in [0.717, 1.165) is 0 Å². The number of nitrogens with zero attached hydrogens (tertiary/aromatic N) is 2. The van der Waals surface area contributed by atoms with Gasteiger partial charge >= 0.3 is 0 Å². The first kappa shape index (κ1) is 8.98. The van der Waals surface area contributed by atoms with Gasteiger partial charge in [-0.05, 0) is 12.1 Å². The predicted molar refractivity (Wildman–Crippen MR) is 51.9 cm³/mol. The number of nitrogens with one attached hydrogen (secondary N) is 1. The SMILES string of the molecule is NNC(=O)c1cnc2c(Cl)cccn12. The van der Waals surface area contributed by atoms with Crippen molar-refractivity contribution in [2.75, 3.05) is 0 Å². The number of carbonyl (C=O) groups is 1. The fourth-order valence-corrected chi connectivity index (χ4v) is 1.43. The maximum atomic E-state index is 11.3. The van der Waals surface area contributed by atoms with Crippen LogP contribution in [0.3, 0.4) is 0 Å². The van der Waals surface area contributed by atoms with Crippen LogP contribution in [0.1, 0.15) is 10.5 Å². The van der Waals surface area contributed by atoms with Crippen LogP contribution in [0.25, 0.3) is 5.65 Å². The van der Waals surface area contributed by atoms with Crippen LogP contribution in [0.5, 0.6) is 0 Å². The number of imidazole rings is 1. The highest BCUT2D eigenvalue weighted by Crippen LogP contribution is 2.16. The molecule has 5 nitrogen and oxygen atoms in total. The quantitative estimate of drug-likeness (QED) is 0.411. The molecule has 2 rings (SSSR count). The molecule has 0 aliphatic rings. The van der Waals surface area contributed by atoms with Crippen LogP contribution in [-0.4, -0.2) is 15.3 Å². The van der Waals surface area contributed by atoms with Gasteiger partial charge in [-0.25, -0.2) is 10.8 Å². The lowest BCUT2D eigenvalue weighted by Gasteiger charge is -1.99. The number of carbonyl (C=O) groups excluding carboxylic acids is 1. The molecule has 0 saturated carbocycles. The molecule has 2 heterocycles. The van der Waals surface area contributed by atoms with E-state index >= 15 is 0 Å². The molecule has 2 aromatic heterocycles. The van der Waals surface area contributed by atoms with E-state index in [1.807, 2.05) is 5.43 Å². The van der Waals surface area contributed by atoms with Crippen LogP contribution < -0.4 is 11.3 Å². The summed E-state index contributed by atoms with van der Waals surface area (Å²) < 4.78 is 1.57. The second-order valence-corrected chi connectivity index (χ2v) is 3.07. The summed E-state index contributed by atoms with van der Waals surface area (Å²) in [6, 6.07) is 3.43. The van der Waals surface area contributed by atoms with Crippen LogP contribution in [0, 0.1) is 0 Å². The van der Waals surface area contributed by atoms with E-state index in [1.54, 1.807) is 22.7 Å². The van der Waals surface area contributed by atoms with Gasteiger partial charge in [-0.1, -0.05) is 11.6 Å². The van der Waals surface area contributed by atoms with E-state index in [0.29, 0.717) is 16.4 Å². The van der Waals surface area contributed by atoms with Crippen molar-refractivity contribution in [1.82, 2.24) is 14.8 Å². The van der Waals surface area contributed by atoms with E-state index in [2.05, 4.69) is 4.98 Å². The molecule has 0 spiro atoms. The average Bonchev–Trinajstić information content (AvgIpc) is 2.62. The van der Waals surface area contributed by atoms with E-state index in [4.69, 9.17) is 17.4 Å². The van der Waals surface area contributed by atoms with Gasteiger partial charge in [0.05, 0.1) is 11.2 Å². The molecule has 1 amide bonds. The number of rotatable bonds is 1. The first-order chi connectivity index (χ1) is 6.74. The van der Waals surface area contributed by atoms with Crippen LogP contribution in [-0.2, 0) is 0 Å². The highest BCUT2D eigenvalue weighted by molar-refractivity contribution is 6.33. The lowest BCUT2D eigenvalue weighted by atomic mass is 10.4. The lowest BCUT2D eigenvalue weighted by Crippen LogP contribution is -2.30. The van der Waals surface area contributed by atoms with Crippen LogP contribution >= 0.6 is 11.6 Å². The molecule has 0 radical (unpaired) electrons. The summed E-state index contributed by atoms with van der Waals surface area (Å²) in [6.45, 7) is 0. The highest BCUT2D eigenvalue weighted by atomic mass is 35.5. The number of hydrogen-bond donors (Lipinski definition) is 2. The van der Waals surface area contributed by atoms with Gasteiger partial charge in [0.1, 0.15) is 5.69 Å². The summed E-state index contributed by atoms with van der Waals surface area (Å²) in [7, 11) is 0. The fourth-order valence-electron chi connectivity index (χ4n) is 1.22. The zero-order valence-corrected chi connectivity index (χ0v) is 7.82. The number of aromatic nitrogens is 2. The number of fused-ring (bicyclic) bond motifs is 1. The van der Waals surface area contributed by atoms with Gasteiger partial charge in [-0.15, -0.1) is 0 Å². The van der Waals surface area contributed by atoms with Gasteiger partial charge < -0.3 is 0 Å². The average molecular weight is 211 g/mol. The van der Waals surface area contributed by atoms with Gasteiger partial charge in [-0.3, -0.25) is 14.6 Å². The molecule has 0 fully saturated rings. The Morgan fingerprint density at radius 3 is 3.14 bits per heavy atom. The molecule has 0 bridgehead atoms. The lowest BCUT2D eigenvalue weighted by molar-refractivity contribution is 0.0948. The molecule has 14 heavy (non-hydrogen) atoms. The maximum absolute atomic E-state index is 11.3. The first-order valence-corrected chi connectivity index (χ1v) is 4.24. The van der Waals surface area contributed by atoms with Crippen LogP contribution in [0.2, 0.25) is 5.02 Å². The third-order valence-electron chi connectivity index (χ3n) is 1.85. The molecule has 0 atom stereocenters. The molecule has 0 aromatic carbocycles. The standard InChI is InChI=1S/C8H7ClN4O/c9-5-2-1-3-13-6(8(14)12-10)4-11-7(5)13/h1-4H,10H2,(H,12,14). The van der Waals surface area contributed by atoms with Crippen molar-refractivity contribution >= 4 is 23.2 Å². The van der Waals surface area contributed by atoms with Crippen LogP contribution in [0.4, 0.5) is 0 Å². The van der Waals surface area contributed by atoms with Crippen LogP contribution in [0.15, 0.2) is 24.5 Å². The van der Waals surface area contributed by atoms with Gasteiger partial charge in [0, 0.05) is 6.20 Å². The second kappa shape index (κ2) is 3.28. The van der Waals surface area contributed by atoms with Crippen molar-refractivity contribution < 1.29 is 4.79 Å². The molecular formula is C8H7ClN4O. The van der Waals surface area contributed by atoms with Gasteiger partial charge in [0.25, 0.3) is 5.91 Å². The normalized spacial score (nSPS) is 10.4. The predicted octanol–water partition coefficient (Wildman–Crippen LogP) is 0.591. The number of pyridine rings is 1. The summed E-state index contributed by atoms with van der Waals surface area (Å²) in [5.74, 6) is 4.62. The number of halogens is 1. The van der Waals surface area contributed by atoms with E-state index in [9.17, 15) is 4.79 Å². The zero-order valence-electron chi connectivity index (χ0n) is 7.07. The van der Waals surface area contributed by atoms with Crippen molar-refractivity contribution in [2.24, 2.45) is 5.84 Å². The molecule has 72 valence electrons. The Bertz CT molecular complexity index is 493.